The Labute approximate surface area is 248 Å². The number of carbonyl (C=O) groups is 1. The molecule has 5 rings (SSSR count). The van der Waals surface area contributed by atoms with Crippen LogP contribution in [0, 0.1) is 20.8 Å². The van der Waals surface area contributed by atoms with Crippen molar-refractivity contribution < 1.29 is 22.2 Å². The molecule has 0 radical (unpaired) electrons. The fourth-order valence-electron chi connectivity index (χ4n) is 5.00. The molecule has 3 aromatic rings. The van der Waals surface area contributed by atoms with Crippen LogP contribution in [0.5, 0.6) is 0 Å². The highest BCUT2D eigenvalue weighted by Crippen LogP contribution is 2.26. The Kier molecular flexibility index (Phi) is 8.58. The van der Waals surface area contributed by atoms with E-state index in [0.717, 1.165) is 40.8 Å². The fourth-order valence-corrected chi connectivity index (χ4v) is 7.26. The van der Waals surface area contributed by atoms with E-state index in [1.165, 1.54) is 7.11 Å². The maximum atomic E-state index is 13.3. The van der Waals surface area contributed by atoms with E-state index in [-0.39, 0.29) is 11.3 Å². The Balaban J connectivity index is 1.30. The molecule has 1 fully saturated rings. The van der Waals surface area contributed by atoms with Crippen molar-refractivity contribution in [3.05, 3.63) is 82.9 Å². The predicted octanol–water partition coefficient (Wildman–Crippen LogP) is 3.89. The van der Waals surface area contributed by atoms with E-state index in [2.05, 4.69) is 24.2 Å². The highest BCUT2D eigenvalue weighted by atomic mass is 32.2. The molecule has 0 spiro atoms. The molecule has 1 aliphatic carbocycles. The zero-order valence-electron chi connectivity index (χ0n) is 23.8. The first-order valence-corrected chi connectivity index (χ1v) is 16.1. The standard InChI is InChI=1S/C30H33N5O5S2/c1-18-14-19(2)27(20(3)15-18)42(38,39)35-26(30(36)40-4)16-21-8-10-22(11-9-21)23-6-5-7-25(17-23)32-29-28(31-24-12-13-24)33-41(37)34-29/h5-11,14-15,17,24,26,35H,12-13,16H2,1-4H3,(H,31,33)(H,32,34)/t26-,41?/m0/s1. The van der Waals surface area contributed by atoms with Gasteiger partial charge in [0.25, 0.3) is 11.2 Å². The molecule has 0 aromatic heterocycles. The van der Waals surface area contributed by atoms with Crippen LogP contribution in [0.25, 0.3) is 11.1 Å². The normalized spacial score (nSPS) is 17.3. The van der Waals surface area contributed by atoms with Gasteiger partial charge in [-0.25, -0.2) is 12.6 Å². The first-order chi connectivity index (χ1) is 20.0. The molecule has 1 unspecified atom stereocenters. The number of rotatable bonds is 9. The number of ether oxygens (including phenoxy) is 1. The lowest BCUT2D eigenvalue weighted by atomic mass is 10.0. The molecule has 0 amide bonds. The number of benzene rings is 3. The summed E-state index contributed by atoms with van der Waals surface area (Å²) in [6.45, 7) is 5.39. The van der Waals surface area contributed by atoms with Crippen LogP contribution in [0.15, 0.2) is 74.4 Å². The van der Waals surface area contributed by atoms with Crippen LogP contribution >= 0.6 is 0 Å². The second-order valence-electron chi connectivity index (χ2n) is 10.6. The molecule has 1 heterocycles. The third kappa shape index (κ3) is 6.94. The maximum absolute atomic E-state index is 13.3. The number of hydrogen-bond donors (Lipinski definition) is 3. The molecule has 0 bridgehead atoms. The first kappa shape index (κ1) is 29.6. The van der Waals surface area contributed by atoms with Gasteiger partial charge in [-0.1, -0.05) is 54.1 Å². The van der Waals surface area contributed by atoms with Gasteiger partial charge in [-0.2, -0.15) is 4.72 Å². The average molecular weight is 608 g/mol. The maximum Gasteiger partial charge on any atom is 0.324 e. The Morgan fingerprint density at radius 3 is 2.29 bits per heavy atom. The van der Waals surface area contributed by atoms with Crippen molar-refractivity contribution in [1.82, 2.24) is 10.0 Å². The lowest BCUT2D eigenvalue weighted by Gasteiger charge is -2.19. The summed E-state index contributed by atoms with van der Waals surface area (Å²) in [7, 11) is -2.75. The monoisotopic (exact) mass is 607 g/mol. The van der Waals surface area contributed by atoms with Crippen LogP contribution in [0.3, 0.4) is 0 Å². The number of anilines is 1. The van der Waals surface area contributed by atoms with Gasteiger partial charge in [-0.3, -0.25) is 4.79 Å². The van der Waals surface area contributed by atoms with Crippen LogP contribution in [-0.4, -0.2) is 49.5 Å². The van der Waals surface area contributed by atoms with Crippen molar-refractivity contribution in [1.29, 1.82) is 0 Å². The number of carbonyl (C=O) groups excluding carboxylic acids is 1. The second-order valence-corrected chi connectivity index (χ2v) is 13.0. The quantitative estimate of drug-likeness (QED) is 0.314. The average Bonchev–Trinajstić information content (AvgIpc) is 3.68. The molecule has 3 N–H and O–H groups in total. The number of esters is 1. The van der Waals surface area contributed by atoms with Gasteiger partial charge < -0.3 is 15.4 Å². The van der Waals surface area contributed by atoms with Crippen LogP contribution < -0.4 is 15.4 Å². The SMILES string of the molecule is COC(=O)[C@H](Cc1ccc(-c2cccc(NC3=NS(=O)N=C3NC3CC3)c2)cc1)NS(=O)(=O)c1c(C)cc(C)cc1C. The number of sulfonamides is 1. The highest BCUT2D eigenvalue weighted by Gasteiger charge is 2.30. The summed E-state index contributed by atoms with van der Waals surface area (Å²) in [5.74, 6) is 0.285. The fraction of sp³-hybridized carbons (Fsp3) is 0.300. The van der Waals surface area contributed by atoms with E-state index in [1.54, 1.807) is 26.0 Å². The molecular formula is C30H33N5O5S2. The van der Waals surface area contributed by atoms with E-state index in [4.69, 9.17) is 4.74 Å². The molecule has 10 nitrogen and oxygen atoms in total. The van der Waals surface area contributed by atoms with Gasteiger partial charge >= 0.3 is 5.97 Å². The molecule has 0 saturated heterocycles. The Morgan fingerprint density at radius 2 is 1.64 bits per heavy atom. The molecule has 42 heavy (non-hydrogen) atoms. The van der Waals surface area contributed by atoms with Crippen LogP contribution in [-0.2, 0) is 37.1 Å². The first-order valence-electron chi connectivity index (χ1n) is 13.5. The predicted molar refractivity (Wildman–Crippen MR) is 165 cm³/mol. The van der Waals surface area contributed by atoms with Crippen molar-refractivity contribution in [2.45, 2.75) is 57.0 Å². The Bertz CT molecular complexity index is 1690. The molecule has 3 aromatic carbocycles. The van der Waals surface area contributed by atoms with Crippen molar-refractivity contribution in [2.24, 2.45) is 8.80 Å². The molecule has 220 valence electrons. The third-order valence-corrected chi connectivity index (χ3v) is 9.44. The van der Waals surface area contributed by atoms with Crippen LogP contribution in [0.1, 0.15) is 35.1 Å². The van der Waals surface area contributed by atoms with Crippen molar-refractivity contribution >= 4 is 44.5 Å². The Morgan fingerprint density at radius 1 is 0.976 bits per heavy atom. The summed E-state index contributed by atoms with van der Waals surface area (Å²) in [5, 5.41) is 6.47. The summed E-state index contributed by atoms with van der Waals surface area (Å²) in [6.07, 6.45) is 2.23. The van der Waals surface area contributed by atoms with Gasteiger partial charge in [0.15, 0.2) is 11.7 Å². The summed E-state index contributed by atoms with van der Waals surface area (Å²) in [6, 6.07) is 18.1. The molecule has 1 aliphatic heterocycles. The van der Waals surface area contributed by atoms with Gasteiger partial charge in [-0.05, 0) is 80.0 Å². The lowest BCUT2D eigenvalue weighted by Crippen LogP contribution is -2.43. The molecule has 12 heteroatoms. The summed E-state index contributed by atoms with van der Waals surface area (Å²) in [5.41, 5.74) is 5.56. The molecule has 2 aliphatic rings. The van der Waals surface area contributed by atoms with Gasteiger partial charge in [-0.15, -0.1) is 8.80 Å². The minimum Gasteiger partial charge on any atom is -0.468 e. The largest absolute Gasteiger partial charge is 0.468 e. The number of aryl methyl sites for hydroxylation is 3. The van der Waals surface area contributed by atoms with Crippen molar-refractivity contribution in [3.8, 4) is 11.1 Å². The molecular weight excluding hydrogens is 574 g/mol. The number of hydrogen-bond acceptors (Lipinski definition) is 7. The van der Waals surface area contributed by atoms with Crippen molar-refractivity contribution in [2.75, 3.05) is 12.4 Å². The Hall–Kier alpha value is -3.87. The number of nitrogens with zero attached hydrogens (tertiary/aromatic N) is 2. The summed E-state index contributed by atoms with van der Waals surface area (Å²) < 4.78 is 54.2. The van der Waals surface area contributed by atoms with Gasteiger partial charge in [0.05, 0.1) is 12.0 Å². The topological polar surface area (TPSA) is 138 Å². The zero-order valence-corrected chi connectivity index (χ0v) is 25.4. The van der Waals surface area contributed by atoms with E-state index in [9.17, 15) is 17.4 Å². The minimum absolute atomic E-state index is 0.116. The molecule has 1 saturated carbocycles. The molecule has 2 atom stereocenters. The number of methoxy groups -OCH3 is 1. The van der Waals surface area contributed by atoms with E-state index in [0.29, 0.717) is 28.8 Å². The third-order valence-electron chi connectivity index (χ3n) is 6.99. The summed E-state index contributed by atoms with van der Waals surface area (Å²) in [4.78, 5) is 12.8. The van der Waals surface area contributed by atoms with E-state index in [1.807, 2.05) is 55.5 Å². The number of amidine groups is 2. The summed E-state index contributed by atoms with van der Waals surface area (Å²) >= 11 is -1.64. The van der Waals surface area contributed by atoms with Crippen LogP contribution in [0.4, 0.5) is 5.69 Å². The highest BCUT2D eigenvalue weighted by molar-refractivity contribution is 7.89. The van der Waals surface area contributed by atoms with Gasteiger partial charge in [0.2, 0.25) is 10.0 Å². The number of nitrogens with one attached hydrogen (secondary N) is 3. The second kappa shape index (κ2) is 12.2. The van der Waals surface area contributed by atoms with E-state index >= 15 is 0 Å². The van der Waals surface area contributed by atoms with Gasteiger partial charge in [0.1, 0.15) is 6.04 Å². The lowest BCUT2D eigenvalue weighted by molar-refractivity contribution is -0.142. The minimum atomic E-state index is -3.99. The van der Waals surface area contributed by atoms with Crippen molar-refractivity contribution in [3.63, 3.8) is 0 Å². The zero-order chi connectivity index (χ0) is 30.0. The van der Waals surface area contributed by atoms with E-state index < -0.39 is 33.2 Å². The van der Waals surface area contributed by atoms with Gasteiger partial charge in [0, 0.05) is 11.7 Å². The van der Waals surface area contributed by atoms with Crippen LogP contribution in [0.2, 0.25) is 0 Å². The smallest absolute Gasteiger partial charge is 0.324 e.